The van der Waals surface area contributed by atoms with Crippen molar-refractivity contribution in [2.24, 2.45) is 0 Å². The molecule has 0 radical (unpaired) electrons. The summed E-state index contributed by atoms with van der Waals surface area (Å²) in [4.78, 5) is 3.44. The fourth-order valence-corrected chi connectivity index (χ4v) is 2.73. The van der Waals surface area contributed by atoms with Crippen LogP contribution in [0.1, 0.15) is 5.56 Å². The van der Waals surface area contributed by atoms with Crippen molar-refractivity contribution in [2.45, 2.75) is 11.1 Å². The Morgan fingerprint density at radius 1 is 1.10 bits per heavy atom. The highest BCUT2D eigenvalue weighted by atomic mass is 35.5. The Morgan fingerprint density at radius 3 is 2.29 bits per heavy atom. The van der Waals surface area contributed by atoms with Crippen molar-refractivity contribution in [3.05, 3.63) is 53.2 Å². The van der Waals surface area contributed by atoms with E-state index in [1.54, 1.807) is 6.07 Å². The third kappa shape index (κ3) is 3.85. The van der Waals surface area contributed by atoms with Gasteiger partial charge < -0.3 is 0 Å². The Balaban J connectivity index is 2.38. The van der Waals surface area contributed by atoms with Crippen molar-refractivity contribution < 1.29 is 21.6 Å². The van der Waals surface area contributed by atoms with Crippen LogP contribution in [0.3, 0.4) is 0 Å². The summed E-state index contributed by atoms with van der Waals surface area (Å²) in [6.45, 7) is 0. The number of rotatable bonds is 3. The summed E-state index contributed by atoms with van der Waals surface area (Å²) in [5.41, 5.74) is -1.09. The van der Waals surface area contributed by atoms with Crippen LogP contribution in [-0.2, 0) is 16.2 Å². The molecule has 2 aromatic rings. The van der Waals surface area contributed by atoms with E-state index in [9.17, 15) is 21.6 Å². The van der Waals surface area contributed by atoms with Crippen LogP contribution in [0.15, 0.2) is 47.4 Å². The van der Waals surface area contributed by atoms with Crippen molar-refractivity contribution in [1.29, 1.82) is 0 Å². The zero-order chi connectivity index (χ0) is 15.7. The number of halogens is 4. The van der Waals surface area contributed by atoms with E-state index in [4.69, 9.17) is 11.6 Å². The van der Waals surface area contributed by atoms with Gasteiger partial charge in [-0.3, -0.25) is 4.72 Å². The minimum atomic E-state index is -4.65. The summed E-state index contributed by atoms with van der Waals surface area (Å²) in [6.07, 6.45) is -4.65. The molecule has 1 aromatic heterocycles. The van der Waals surface area contributed by atoms with E-state index in [2.05, 4.69) is 4.98 Å². The molecule has 2 rings (SSSR count). The summed E-state index contributed by atoms with van der Waals surface area (Å²) in [5, 5.41) is -0.462. The molecule has 0 aliphatic rings. The Morgan fingerprint density at radius 2 is 1.71 bits per heavy atom. The van der Waals surface area contributed by atoms with Crippen molar-refractivity contribution in [3.63, 3.8) is 0 Å². The van der Waals surface area contributed by atoms with Gasteiger partial charge >= 0.3 is 6.18 Å². The highest BCUT2D eigenvalue weighted by Crippen LogP contribution is 2.32. The third-order valence-corrected chi connectivity index (χ3v) is 3.98. The number of pyridine rings is 1. The van der Waals surface area contributed by atoms with Gasteiger partial charge in [0, 0.05) is 0 Å². The summed E-state index contributed by atoms with van der Waals surface area (Å²) in [6, 6.07) is 8.38. The number of alkyl halides is 3. The van der Waals surface area contributed by atoms with Crippen LogP contribution in [0.4, 0.5) is 19.0 Å². The van der Waals surface area contributed by atoms with E-state index in [0.29, 0.717) is 12.1 Å². The first kappa shape index (κ1) is 15.6. The second-order valence-corrected chi connectivity index (χ2v) is 6.05. The minimum absolute atomic E-state index is 0.0969. The first-order valence-corrected chi connectivity index (χ1v) is 7.37. The SMILES string of the molecule is O=S(=O)(Nc1cc(C(F)(F)F)cc(Cl)n1)c1ccccc1. The van der Waals surface area contributed by atoms with Crippen LogP contribution >= 0.6 is 11.6 Å². The van der Waals surface area contributed by atoms with E-state index in [-0.39, 0.29) is 4.90 Å². The second-order valence-electron chi connectivity index (χ2n) is 3.98. The molecule has 9 heteroatoms. The molecule has 1 heterocycles. The number of nitrogens with zero attached hydrogens (tertiary/aromatic N) is 1. The predicted molar refractivity (Wildman–Crippen MR) is 71.5 cm³/mol. The van der Waals surface area contributed by atoms with E-state index in [1.165, 1.54) is 24.3 Å². The molecule has 0 unspecified atom stereocenters. The van der Waals surface area contributed by atoms with Crippen LogP contribution in [0.5, 0.6) is 0 Å². The number of anilines is 1. The van der Waals surface area contributed by atoms with E-state index in [0.717, 1.165) is 0 Å². The van der Waals surface area contributed by atoms with Gasteiger partial charge in [0.15, 0.2) is 0 Å². The molecule has 0 bridgehead atoms. The Labute approximate surface area is 123 Å². The van der Waals surface area contributed by atoms with Gasteiger partial charge in [-0.25, -0.2) is 13.4 Å². The third-order valence-electron chi connectivity index (χ3n) is 2.41. The largest absolute Gasteiger partial charge is 0.416 e. The maximum absolute atomic E-state index is 12.6. The summed E-state index contributed by atoms with van der Waals surface area (Å²) < 4.78 is 63.9. The lowest BCUT2D eigenvalue weighted by Crippen LogP contribution is -2.15. The number of hydrogen-bond acceptors (Lipinski definition) is 3. The molecule has 1 aromatic carbocycles. The molecule has 1 N–H and O–H groups in total. The Kier molecular flexibility index (Phi) is 4.11. The van der Waals surface area contributed by atoms with E-state index >= 15 is 0 Å². The number of benzene rings is 1. The second kappa shape index (κ2) is 5.53. The van der Waals surface area contributed by atoms with Crippen LogP contribution in [0.2, 0.25) is 5.15 Å². The quantitative estimate of drug-likeness (QED) is 0.872. The Hall–Kier alpha value is -1.80. The molecule has 0 fully saturated rings. The fraction of sp³-hybridized carbons (Fsp3) is 0.0833. The number of aromatic nitrogens is 1. The predicted octanol–water partition coefficient (Wildman–Crippen LogP) is 3.55. The molecular formula is C12H8ClF3N2O2S. The number of nitrogens with one attached hydrogen (secondary N) is 1. The zero-order valence-corrected chi connectivity index (χ0v) is 11.8. The number of hydrogen-bond donors (Lipinski definition) is 1. The molecule has 0 saturated carbocycles. The van der Waals surface area contributed by atoms with Crippen molar-refractivity contribution >= 4 is 27.4 Å². The van der Waals surface area contributed by atoms with Crippen LogP contribution < -0.4 is 4.72 Å². The van der Waals surface area contributed by atoms with Gasteiger partial charge in [0.1, 0.15) is 11.0 Å². The monoisotopic (exact) mass is 336 g/mol. The lowest BCUT2D eigenvalue weighted by molar-refractivity contribution is -0.137. The van der Waals surface area contributed by atoms with Crippen molar-refractivity contribution in [1.82, 2.24) is 4.98 Å². The first-order valence-electron chi connectivity index (χ1n) is 5.51. The van der Waals surface area contributed by atoms with Crippen LogP contribution in [0.25, 0.3) is 0 Å². The molecule has 0 saturated heterocycles. The molecule has 112 valence electrons. The van der Waals surface area contributed by atoms with Crippen LogP contribution in [-0.4, -0.2) is 13.4 Å². The van der Waals surface area contributed by atoms with E-state index in [1.807, 2.05) is 4.72 Å². The maximum atomic E-state index is 12.6. The van der Waals surface area contributed by atoms with Gasteiger partial charge in [-0.1, -0.05) is 29.8 Å². The smallest absolute Gasteiger partial charge is 0.263 e. The average molecular weight is 337 g/mol. The average Bonchev–Trinajstić information content (AvgIpc) is 2.37. The Bertz CT molecular complexity index is 749. The maximum Gasteiger partial charge on any atom is 0.416 e. The molecule has 0 aliphatic heterocycles. The normalized spacial score (nSPS) is 12.2. The van der Waals surface area contributed by atoms with E-state index < -0.39 is 32.7 Å². The lowest BCUT2D eigenvalue weighted by atomic mass is 10.2. The summed E-state index contributed by atoms with van der Waals surface area (Å²) in [7, 11) is -4.03. The van der Waals surface area contributed by atoms with Gasteiger partial charge in [-0.2, -0.15) is 13.2 Å². The highest BCUT2D eigenvalue weighted by Gasteiger charge is 2.32. The molecular weight excluding hydrogens is 329 g/mol. The standard InChI is InChI=1S/C12H8ClF3N2O2S/c13-10-6-8(12(14,15)16)7-11(17-10)18-21(19,20)9-4-2-1-3-5-9/h1-7H,(H,17,18). The molecule has 0 atom stereocenters. The molecule has 0 spiro atoms. The van der Waals surface area contributed by atoms with Gasteiger partial charge in [0.2, 0.25) is 0 Å². The van der Waals surface area contributed by atoms with Crippen molar-refractivity contribution in [2.75, 3.05) is 4.72 Å². The van der Waals surface area contributed by atoms with Gasteiger partial charge in [-0.05, 0) is 24.3 Å². The molecule has 4 nitrogen and oxygen atoms in total. The lowest BCUT2D eigenvalue weighted by Gasteiger charge is -2.11. The van der Waals surface area contributed by atoms with Crippen molar-refractivity contribution in [3.8, 4) is 0 Å². The van der Waals surface area contributed by atoms with Gasteiger partial charge in [-0.15, -0.1) is 0 Å². The van der Waals surface area contributed by atoms with Crippen LogP contribution in [0, 0.1) is 0 Å². The summed E-state index contributed by atoms with van der Waals surface area (Å²) in [5.74, 6) is -0.501. The number of sulfonamides is 1. The van der Waals surface area contributed by atoms with Gasteiger partial charge in [0.05, 0.1) is 10.5 Å². The molecule has 0 aliphatic carbocycles. The minimum Gasteiger partial charge on any atom is -0.263 e. The van der Waals surface area contributed by atoms with Gasteiger partial charge in [0.25, 0.3) is 10.0 Å². The highest BCUT2D eigenvalue weighted by molar-refractivity contribution is 7.92. The first-order chi connectivity index (χ1) is 9.68. The zero-order valence-electron chi connectivity index (χ0n) is 10.2. The summed E-state index contributed by atoms with van der Waals surface area (Å²) >= 11 is 5.48. The fourth-order valence-electron chi connectivity index (χ4n) is 1.51. The topological polar surface area (TPSA) is 59.1 Å². The molecule has 21 heavy (non-hydrogen) atoms. The molecule has 0 amide bonds.